The molecule has 4 heterocycles. The lowest BCUT2D eigenvalue weighted by Crippen LogP contribution is -2.41. The molecule has 1 amide bonds. The Labute approximate surface area is 185 Å². The first-order chi connectivity index (χ1) is 15.1. The number of hydrogen-bond acceptors (Lipinski definition) is 7. The molecule has 2 aliphatic heterocycles. The van der Waals surface area contributed by atoms with Gasteiger partial charge in [0, 0.05) is 42.6 Å². The van der Waals surface area contributed by atoms with Gasteiger partial charge in [0.05, 0.1) is 28.3 Å². The fourth-order valence-corrected chi connectivity index (χ4v) is 4.99. The molecule has 5 rings (SSSR count). The lowest BCUT2D eigenvalue weighted by atomic mass is 9.97. The third-order valence-corrected chi connectivity index (χ3v) is 6.67. The van der Waals surface area contributed by atoms with Gasteiger partial charge in [0.25, 0.3) is 0 Å². The van der Waals surface area contributed by atoms with Crippen molar-refractivity contribution in [3.63, 3.8) is 0 Å². The van der Waals surface area contributed by atoms with E-state index < -0.39 is 0 Å². The third-order valence-electron chi connectivity index (χ3n) is 5.88. The molecule has 160 valence electrons. The maximum Gasteiger partial charge on any atom is 0.237 e. The summed E-state index contributed by atoms with van der Waals surface area (Å²) in [4.78, 5) is 25.1. The topological polar surface area (TPSA) is 73.4 Å². The predicted octanol–water partition coefficient (Wildman–Crippen LogP) is 3.49. The highest BCUT2D eigenvalue weighted by atomic mass is 32.1. The van der Waals surface area contributed by atoms with E-state index in [4.69, 9.17) is 0 Å². The van der Waals surface area contributed by atoms with Crippen molar-refractivity contribution in [1.29, 1.82) is 0 Å². The van der Waals surface area contributed by atoms with Crippen LogP contribution in [0.3, 0.4) is 0 Å². The van der Waals surface area contributed by atoms with Gasteiger partial charge < -0.3 is 20.4 Å². The minimum atomic E-state index is 0.189. The second-order valence-corrected chi connectivity index (χ2v) is 9.24. The monoisotopic (exact) mass is 434 g/mol. The van der Waals surface area contributed by atoms with Crippen molar-refractivity contribution in [2.45, 2.75) is 18.9 Å². The molecule has 1 unspecified atom stereocenters. The summed E-state index contributed by atoms with van der Waals surface area (Å²) in [6.07, 6.45) is 5.85. The summed E-state index contributed by atoms with van der Waals surface area (Å²) in [6, 6.07) is 8.53. The van der Waals surface area contributed by atoms with E-state index in [2.05, 4.69) is 38.8 Å². The smallest absolute Gasteiger partial charge is 0.237 e. The maximum atomic E-state index is 12.3. The number of thiazole rings is 1. The van der Waals surface area contributed by atoms with Crippen LogP contribution in [0, 0.1) is 0 Å². The molecule has 1 atom stereocenters. The number of amides is 1. The minimum Gasteiger partial charge on any atom is -0.363 e. The summed E-state index contributed by atoms with van der Waals surface area (Å²) in [5, 5.41) is 7.16. The molecule has 0 radical (unpaired) electrons. The van der Waals surface area contributed by atoms with E-state index in [0.717, 1.165) is 42.1 Å². The molecule has 0 fully saturated rings. The number of anilines is 3. The minimum absolute atomic E-state index is 0.189. The average Bonchev–Trinajstić information content (AvgIpc) is 3.40. The first-order valence-electron chi connectivity index (χ1n) is 10.5. The number of carbonyl (C=O) groups is 1. The van der Waals surface area contributed by atoms with Crippen LogP contribution in [0.5, 0.6) is 0 Å². The number of aromatic nitrogens is 2. The number of rotatable bonds is 5. The van der Waals surface area contributed by atoms with Crippen molar-refractivity contribution in [2.24, 2.45) is 0 Å². The average molecular weight is 435 g/mol. The first kappa shape index (κ1) is 20.0. The molecule has 0 saturated carbocycles. The quantitative estimate of drug-likeness (QED) is 0.599. The van der Waals surface area contributed by atoms with Gasteiger partial charge in [0.2, 0.25) is 5.91 Å². The Balaban J connectivity index is 1.29. The van der Waals surface area contributed by atoms with Crippen LogP contribution in [0.4, 0.5) is 17.2 Å². The predicted molar refractivity (Wildman–Crippen MR) is 126 cm³/mol. The van der Waals surface area contributed by atoms with E-state index in [1.807, 2.05) is 47.7 Å². The Bertz CT molecular complexity index is 1150. The SMILES string of the molecule is CN(C)CC(=O)N1CC=C(C2Cc3c(Nc4ccc5ncsc5c4)ccnc3N2)CC1. The number of benzene rings is 1. The Morgan fingerprint density at radius 3 is 3.03 bits per heavy atom. The number of carbonyl (C=O) groups excluding carboxylic acids is 1. The number of pyridine rings is 1. The molecule has 0 aliphatic carbocycles. The van der Waals surface area contributed by atoms with Gasteiger partial charge >= 0.3 is 0 Å². The van der Waals surface area contributed by atoms with Crippen molar-refractivity contribution in [3.8, 4) is 0 Å². The molecule has 2 N–H and O–H groups in total. The molecule has 0 saturated heterocycles. The van der Waals surface area contributed by atoms with Crippen LogP contribution < -0.4 is 10.6 Å². The summed E-state index contributed by atoms with van der Waals surface area (Å²) in [5.41, 5.74) is 7.62. The lowest BCUT2D eigenvalue weighted by molar-refractivity contribution is -0.131. The van der Waals surface area contributed by atoms with Crippen molar-refractivity contribution in [1.82, 2.24) is 19.8 Å². The van der Waals surface area contributed by atoms with Crippen LogP contribution in [0.2, 0.25) is 0 Å². The zero-order chi connectivity index (χ0) is 21.4. The van der Waals surface area contributed by atoms with Gasteiger partial charge in [-0.05, 0) is 50.4 Å². The van der Waals surface area contributed by atoms with E-state index in [9.17, 15) is 4.79 Å². The Kier molecular flexibility index (Phi) is 5.33. The Hall–Kier alpha value is -2.97. The van der Waals surface area contributed by atoms with Crippen LogP contribution in [0.15, 0.2) is 47.6 Å². The molecule has 0 spiro atoms. The van der Waals surface area contributed by atoms with E-state index in [-0.39, 0.29) is 11.9 Å². The fourth-order valence-electron chi connectivity index (χ4n) is 4.27. The van der Waals surface area contributed by atoms with Crippen molar-refractivity contribution >= 4 is 44.7 Å². The van der Waals surface area contributed by atoms with Crippen molar-refractivity contribution in [3.05, 3.63) is 53.2 Å². The lowest BCUT2D eigenvalue weighted by Gasteiger charge is -2.29. The first-order valence-corrected chi connectivity index (χ1v) is 11.4. The number of likely N-dealkylation sites (N-methyl/N-ethyl adjacent to an activating group) is 1. The normalized spacial score (nSPS) is 18.1. The number of fused-ring (bicyclic) bond motifs is 2. The van der Waals surface area contributed by atoms with Gasteiger partial charge in [0.1, 0.15) is 5.82 Å². The summed E-state index contributed by atoms with van der Waals surface area (Å²) >= 11 is 1.65. The third kappa shape index (κ3) is 4.13. The molecular formula is C23H26N6OS. The summed E-state index contributed by atoms with van der Waals surface area (Å²) in [5.74, 6) is 1.13. The van der Waals surface area contributed by atoms with E-state index in [0.29, 0.717) is 13.1 Å². The molecule has 7 nitrogen and oxygen atoms in total. The van der Waals surface area contributed by atoms with Gasteiger partial charge in [-0.3, -0.25) is 4.79 Å². The Morgan fingerprint density at radius 2 is 2.23 bits per heavy atom. The van der Waals surface area contributed by atoms with Crippen LogP contribution in [0.1, 0.15) is 12.0 Å². The van der Waals surface area contributed by atoms with Crippen molar-refractivity contribution in [2.75, 3.05) is 44.4 Å². The fraction of sp³-hybridized carbons (Fsp3) is 0.348. The summed E-state index contributed by atoms with van der Waals surface area (Å²) in [7, 11) is 3.85. The number of nitrogens with one attached hydrogen (secondary N) is 2. The Morgan fingerprint density at radius 1 is 1.32 bits per heavy atom. The van der Waals surface area contributed by atoms with Crippen LogP contribution >= 0.6 is 11.3 Å². The van der Waals surface area contributed by atoms with Gasteiger partial charge in [-0.25, -0.2) is 9.97 Å². The summed E-state index contributed by atoms with van der Waals surface area (Å²) in [6.45, 7) is 1.92. The largest absolute Gasteiger partial charge is 0.363 e. The van der Waals surface area contributed by atoms with E-state index >= 15 is 0 Å². The second-order valence-electron chi connectivity index (χ2n) is 8.35. The molecule has 31 heavy (non-hydrogen) atoms. The number of hydrogen-bond donors (Lipinski definition) is 2. The summed E-state index contributed by atoms with van der Waals surface area (Å²) < 4.78 is 1.17. The molecule has 1 aromatic carbocycles. The second kappa shape index (κ2) is 8.28. The molecule has 2 aromatic heterocycles. The molecule has 0 bridgehead atoms. The highest BCUT2D eigenvalue weighted by Crippen LogP contribution is 2.35. The molecule has 8 heteroatoms. The molecule has 3 aromatic rings. The van der Waals surface area contributed by atoms with E-state index in [1.54, 1.807) is 11.3 Å². The van der Waals surface area contributed by atoms with Crippen LogP contribution in [-0.4, -0.2) is 65.4 Å². The van der Waals surface area contributed by atoms with Gasteiger partial charge in [-0.2, -0.15) is 0 Å². The highest BCUT2D eigenvalue weighted by molar-refractivity contribution is 7.16. The van der Waals surface area contributed by atoms with E-state index in [1.165, 1.54) is 15.8 Å². The molecule has 2 aliphatic rings. The maximum absolute atomic E-state index is 12.3. The van der Waals surface area contributed by atoms with Gasteiger partial charge in [-0.15, -0.1) is 11.3 Å². The zero-order valence-corrected chi connectivity index (χ0v) is 18.6. The standard InChI is InChI=1S/C23H26N6OS/c1-28(2)13-22(30)29-9-6-15(7-10-29)20-12-17-18(5-8-24-23(17)27-20)26-16-3-4-19-21(11-16)31-14-25-19/h3-6,8,11,14,20H,7,9-10,12-13H2,1-2H3,(H2,24,26,27). The van der Waals surface area contributed by atoms with Crippen LogP contribution in [-0.2, 0) is 11.2 Å². The van der Waals surface area contributed by atoms with Gasteiger partial charge in [-0.1, -0.05) is 6.08 Å². The number of nitrogens with zero attached hydrogens (tertiary/aromatic N) is 4. The van der Waals surface area contributed by atoms with Gasteiger partial charge in [0.15, 0.2) is 0 Å². The molecular weight excluding hydrogens is 408 g/mol. The van der Waals surface area contributed by atoms with Crippen LogP contribution in [0.25, 0.3) is 10.2 Å². The zero-order valence-electron chi connectivity index (χ0n) is 17.8. The van der Waals surface area contributed by atoms with Crippen molar-refractivity contribution < 1.29 is 4.79 Å². The highest BCUT2D eigenvalue weighted by Gasteiger charge is 2.29.